The number of carboxylic acids is 1. The Morgan fingerprint density at radius 2 is 1.89 bits per heavy atom. The fourth-order valence-electron chi connectivity index (χ4n) is 2.16. The molecule has 0 unspecified atom stereocenters. The van der Waals surface area contributed by atoms with Crippen LogP contribution in [0.5, 0.6) is 11.5 Å². The van der Waals surface area contributed by atoms with Gasteiger partial charge in [-0.05, 0) is 29.4 Å². The third-order valence-corrected chi connectivity index (χ3v) is 3.91. The SMILES string of the molecule is CS(=O)(=O)Nc1ccc(N=O)cc1Oc1cccc(C(=O)CCC(=O)O)c1. The Morgan fingerprint density at radius 1 is 1.15 bits per heavy atom. The number of nitroso groups, excluding NO2 is 1. The number of aliphatic carboxylic acids is 1. The van der Waals surface area contributed by atoms with Gasteiger partial charge >= 0.3 is 5.97 Å². The van der Waals surface area contributed by atoms with Gasteiger partial charge in [0.05, 0.1) is 18.4 Å². The molecule has 0 saturated heterocycles. The second-order valence-electron chi connectivity index (χ2n) is 5.59. The lowest BCUT2D eigenvalue weighted by molar-refractivity contribution is -0.136. The fraction of sp³-hybridized carbons (Fsp3) is 0.176. The van der Waals surface area contributed by atoms with Crippen LogP contribution in [0.25, 0.3) is 0 Å². The van der Waals surface area contributed by atoms with Crippen LogP contribution < -0.4 is 9.46 Å². The number of anilines is 1. The highest BCUT2D eigenvalue weighted by Crippen LogP contribution is 2.34. The number of carboxylic acid groups (broad SMARTS) is 1. The number of ether oxygens (including phenoxy) is 1. The molecule has 10 heteroatoms. The minimum atomic E-state index is -3.60. The number of rotatable bonds is 9. The molecule has 0 spiro atoms. The van der Waals surface area contributed by atoms with Crippen LogP contribution in [0.1, 0.15) is 23.2 Å². The van der Waals surface area contributed by atoms with E-state index in [1.165, 1.54) is 42.5 Å². The number of carbonyl (C=O) groups is 2. The van der Waals surface area contributed by atoms with E-state index in [2.05, 4.69) is 9.90 Å². The molecule has 0 aliphatic carbocycles. The second kappa shape index (κ2) is 8.41. The molecule has 2 N–H and O–H groups in total. The summed E-state index contributed by atoms with van der Waals surface area (Å²) in [4.78, 5) is 33.4. The zero-order valence-electron chi connectivity index (χ0n) is 14.2. The number of hydrogen-bond donors (Lipinski definition) is 2. The van der Waals surface area contributed by atoms with Crippen molar-refractivity contribution in [3.8, 4) is 11.5 Å². The summed E-state index contributed by atoms with van der Waals surface area (Å²) < 4.78 is 30.9. The van der Waals surface area contributed by atoms with Crippen LogP contribution in [0.2, 0.25) is 0 Å². The molecule has 0 aliphatic heterocycles. The van der Waals surface area contributed by atoms with Crippen molar-refractivity contribution < 1.29 is 27.9 Å². The fourth-order valence-corrected chi connectivity index (χ4v) is 2.73. The average Bonchev–Trinajstić information content (AvgIpc) is 2.60. The van der Waals surface area contributed by atoms with Crippen LogP contribution in [0.4, 0.5) is 11.4 Å². The number of Topliss-reactive ketones (excluding diaryl/α,β-unsaturated/α-hetero) is 1. The molecule has 2 aromatic rings. The lowest BCUT2D eigenvalue weighted by Crippen LogP contribution is -2.10. The van der Waals surface area contributed by atoms with Crippen molar-refractivity contribution in [1.29, 1.82) is 0 Å². The normalized spacial score (nSPS) is 10.9. The summed E-state index contributed by atoms with van der Waals surface area (Å²) in [6, 6.07) is 9.87. The van der Waals surface area contributed by atoms with E-state index in [0.29, 0.717) is 0 Å². The Kier molecular flexibility index (Phi) is 6.24. The van der Waals surface area contributed by atoms with Gasteiger partial charge in [0.2, 0.25) is 10.0 Å². The Labute approximate surface area is 155 Å². The van der Waals surface area contributed by atoms with Gasteiger partial charge in [-0.1, -0.05) is 12.1 Å². The summed E-state index contributed by atoms with van der Waals surface area (Å²) in [6.07, 6.45) is 0.508. The number of nitrogens with one attached hydrogen (secondary N) is 1. The highest BCUT2D eigenvalue weighted by atomic mass is 32.2. The molecule has 2 aromatic carbocycles. The molecule has 0 atom stereocenters. The molecule has 0 amide bonds. The first kappa shape index (κ1) is 20.0. The highest BCUT2D eigenvalue weighted by molar-refractivity contribution is 7.92. The van der Waals surface area contributed by atoms with Crippen molar-refractivity contribution in [3.05, 3.63) is 52.9 Å². The average molecular weight is 392 g/mol. The molecule has 0 aromatic heterocycles. The van der Waals surface area contributed by atoms with Crippen molar-refractivity contribution in [2.45, 2.75) is 12.8 Å². The standard InChI is InChI=1S/C17H16N2O7S/c1-27(24,25)19-14-6-5-12(18-23)10-16(14)26-13-4-2-3-11(9-13)15(20)7-8-17(21)22/h2-6,9-10,19H,7-8H2,1H3,(H,21,22). The number of nitrogens with zero attached hydrogens (tertiary/aromatic N) is 1. The van der Waals surface area contributed by atoms with Gasteiger partial charge in [0.25, 0.3) is 0 Å². The predicted molar refractivity (Wildman–Crippen MR) is 98.1 cm³/mol. The van der Waals surface area contributed by atoms with Crippen molar-refractivity contribution in [2.75, 3.05) is 11.0 Å². The zero-order valence-corrected chi connectivity index (χ0v) is 15.0. The van der Waals surface area contributed by atoms with E-state index < -0.39 is 16.0 Å². The Bertz CT molecular complexity index is 987. The summed E-state index contributed by atoms with van der Waals surface area (Å²) in [6.45, 7) is 0. The molecule has 0 bridgehead atoms. The molecule has 0 aliphatic rings. The molecule has 9 nitrogen and oxygen atoms in total. The van der Waals surface area contributed by atoms with E-state index in [1.54, 1.807) is 0 Å². The first-order valence-electron chi connectivity index (χ1n) is 7.66. The summed E-state index contributed by atoms with van der Waals surface area (Å²) in [7, 11) is -3.60. The van der Waals surface area contributed by atoms with Gasteiger partial charge < -0.3 is 9.84 Å². The van der Waals surface area contributed by atoms with E-state index in [4.69, 9.17) is 9.84 Å². The quantitative estimate of drug-likeness (QED) is 0.493. The molecule has 0 radical (unpaired) electrons. The zero-order chi connectivity index (χ0) is 20.0. The molecule has 27 heavy (non-hydrogen) atoms. The largest absolute Gasteiger partial charge is 0.481 e. The molecule has 0 fully saturated rings. The third-order valence-electron chi connectivity index (χ3n) is 3.32. The maximum atomic E-state index is 12.0. The van der Waals surface area contributed by atoms with Gasteiger partial charge in [0, 0.05) is 18.1 Å². The van der Waals surface area contributed by atoms with E-state index in [1.807, 2.05) is 0 Å². The monoisotopic (exact) mass is 392 g/mol. The second-order valence-corrected chi connectivity index (χ2v) is 7.34. The number of hydrogen-bond acceptors (Lipinski definition) is 7. The molecule has 0 heterocycles. The van der Waals surface area contributed by atoms with E-state index in [0.717, 1.165) is 6.26 Å². The summed E-state index contributed by atoms with van der Waals surface area (Å²) in [5.74, 6) is -1.23. The van der Waals surface area contributed by atoms with Crippen molar-refractivity contribution in [1.82, 2.24) is 0 Å². The maximum absolute atomic E-state index is 12.0. The van der Waals surface area contributed by atoms with Gasteiger partial charge in [0.1, 0.15) is 11.4 Å². The highest BCUT2D eigenvalue weighted by Gasteiger charge is 2.13. The van der Waals surface area contributed by atoms with Crippen LogP contribution in [0.15, 0.2) is 47.6 Å². The third kappa shape index (κ3) is 6.19. The summed E-state index contributed by atoms with van der Waals surface area (Å²) in [5.41, 5.74) is 0.362. The molecular formula is C17H16N2O7S. The lowest BCUT2D eigenvalue weighted by atomic mass is 10.1. The van der Waals surface area contributed by atoms with Gasteiger partial charge in [0.15, 0.2) is 11.5 Å². The van der Waals surface area contributed by atoms with Gasteiger partial charge in [-0.3, -0.25) is 14.3 Å². The topological polar surface area (TPSA) is 139 Å². The Hall–Kier alpha value is -3.27. The maximum Gasteiger partial charge on any atom is 0.303 e. The molecule has 0 saturated carbocycles. The van der Waals surface area contributed by atoms with E-state index >= 15 is 0 Å². The van der Waals surface area contributed by atoms with Crippen LogP contribution in [0, 0.1) is 4.91 Å². The smallest absolute Gasteiger partial charge is 0.303 e. The van der Waals surface area contributed by atoms with E-state index in [-0.39, 0.29) is 47.1 Å². The summed E-state index contributed by atoms with van der Waals surface area (Å²) >= 11 is 0. The van der Waals surface area contributed by atoms with Crippen molar-refractivity contribution >= 4 is 33.2 Å². The number of carbonyl (C=O) groups excluding carboxylic acids is 1. The molecular weight excluding hydrogens is 376 g/mol. The van der Waals surface area contributed by atoms with Crippen molar-refractivity contribution in [3.63, 3.8) is 0 Å². The summed E-state index contributed by atoms with van der Waals surface area (Å²) in [5, 5.41) is 11.4. The molecule has 2 rings (SSSR count). The van der Waals surface area contributed by atoms with Crippen LogP contribution in [-0.2, 0) is 14.8 Å². The Morgan fingerprint density at radius 3 is 2.52 bits per heavy atom. The van der Waals surface area contributed by atoms with E-state index in [9.17, 15) is 22.9 Å². The lowest BCUT2D eigenvalue weighted by Gasteiger charge is -2.13. The minimum absolute atomic E-state index is 0.0210. The number of sulfonamides is 1. The van der Waals surface area contributed by atoms with Gasteiger partial charge in [-0.15, -0.1) is 4.91 Å². The van der Waals surface area contributed by atoms with Crippen molar-refractivity contribution in [2.24, 2.45) is 5.18 Å². The minimum Gasteiger partial charge on any atom is -0.481 e. The van der Waals surface area contributed by atoms with Gasteiger partial charge in [-0.25, -0.2) is 8.42 Å². The van der Waals surface area contributed by atoms with Crippen LogP contribution in [-0.4, -0.2) is 31.5 Å². The number of ketones is 1. The first-order chi connectivity index (χ1) is 12.7. The van der Waals surface area contributed by atoms with Gasteiger partial charge in [-0.2, -0.15) is 0 Å². The van der Waals surface area contributed by atoms with Crippen LogP contribution >= 0.6 is 0 Å². The first-order valence-corrected chi connectivity index (χ1v) is 9.55. The number of benzene rings is 2. The molecule has 142 valence electrons. The van der Waals surface area contributed by atoms with Crippen LogP contribution in [0.3, 0.4) is 0 Å². The predicted octanol–water partition coefficient (Wildman–Crippen LogP) is 3.30. The Balaban J connectivity index is 2.30.